The Hall–Kier alpha value is -3.30. The van der Waals surface area contributed by atoms with Crippen molar-refractivity contribution in [3.8, 4) is 5.75 Å². The molecule has 36 heavy (non-hydrogen) atoms. The highest BCUT2D eigenvalue weighted by Crippen LogP contribution is 2.24. The minimum atomic E-state index is -0.395. The second-order valence-corrected chi connectivity index (χ2v) is 8.86. The lowest BCUT2D eigenvalue weighted by atomic mass is 10.1. The predicted molar refractivity (Wildman–Crippen MR) is 144 cm³/mol. The number of non-ortho nitro benzene ring substituents is 1. The molecule has 0 aliphatic carbocycles. The van der Waals surface area contributed by atoms with Crippen LogP contribution in [0.1, 0.15) is 31.2 Å². The summed E-state index contributed by atoms with van der Waals surface area (Å²) in [7, 11) is 0. The number of benzene rings is 2. The maximum absolute atomic E-state index is 12.6. The van der Waals surface area contributed by atoms with Gasteiger partial charge in [0, 0.05) is 67.5 Å². The quantitative estimate of drug-likeness (QED) is 0.223. The first-order valence-corrected chi connectivity index (χ1v) is 12.2. The Balaban J connectivity index is 0.00000361. The number of hydrogen-bond donors (Lipinski definition) is 2. The van der Waals surface area contributed by atoms with Crippen LogP contribution in [-0.4, -0.2) is 60.0 Å². The zero-order chi connectivity index (χ0) is 24.6. The highest BCUT2D eigenvalue weighted by atomic mass is 35.5. The van der Waals surface area contributed by atoms with Gasteiger partial charge in [0.15, 0.2) is 0 Å². The highest BCUT2D eigenvalue weighted by molar-refractivity contribution is 5.85. The van der Waals surface area contributed by atoms with Gasteiger partial charge in [0.2, 0.25) is 5.91 Å². The van der Waals surface area contributed by atoms with E-state index in [4.69, 9.17) is 10.5 Å². The number of fused-ring (bicyclic) bond motifs is 1. The van der Waals surface area contributed by atoms with Gasteiger partial charge < -0.3 is 25.3 Å². The molecule has 1 saturated heterocycles. The molecule has 4 rings (SSSR count). The summed E-state index contributed by atoms with van der Waals surface area (Å²) >= 11 is 0. The van der Waals surface area contributed by atoms with Crippen molar-refractivity contribution in [2.24, 2.45) is 5.73 Å². The molecular formula is C26H34ClN5O4. The molecule has 2 aromatic carbocycles. The zero-order valence-corrected chi connectivity index (χ0v) is 21.2. The minimum absolute atomic E-state index is 0. The van der Waals surface area contributed by atoms with Gasteiger partial charge in [-0.05, 0) is 68.1 Å². The number of piperazine rings is 1. The molecule has 1 aliphatic rings. The lowest BCUT2D eigenvalue weighted by molar-refractivity contribution is -0.384. The van der Waals surface area contributed by atoms with E-state index in [1.165, 1.54) is 17.7 Å². The number of nitrogens with one attached hydrogen (secondary N) is 1. The molecule has 1 amide bonds. The van der Waals surface area contributed by atoms with E-state index in [0.717, 1.165) is 61.1 Å². The number of nitrogens with two attached hydrogens (primary N) is 1. The number of anilines is 1. The van der Waals surface area contributed by atoms with Crippen LogP contribution >= 0.6 is 12.4 Å². The monoisotopic (exact) mass is 515 g/mol. The smallest absolute Gasteiger partial charge is 0.269 e. The fraction of sp³-hybridized carbons (Fsp3) is 0.423. The van der Waals surface area contributed by atoms with Crippen LogP contribution in [-0.2, 0) is 11.2 Å². The number of nitrogens with zero attached hydrogens (tertiary/aromatic N) is 3. The van der Waals surface area contributed by atoms with Gasteiger partial charge in [-0.1, -0.05) is 0 Å². The Bertz CT molecular complexity index is 1140. The number of H-pyrrole nitrogens is 1. The van der Waals surface area contributed by atoms with Gasteiger partial charge in [0.1, 0.15) is 5.75 Å². The second kappa shape index (κ2) is 13.1. The average Bonchev–Trinajstić information content (AvgIpc) is 3.28. The Kier molecular flexibility index (Phi) is 9.95. The van der Waals surface area contributed by atoms with Gasteiger partial charge in [0.25, 0.3) is 5.69 Å². The fourth-order valence-electron chi connectivity index (χ4n) is 4.51. The van der Waals surface area contributed by atoms with E-state index in [1.54, 1.807) is 12.1 Å². The van der Waals surface area contributed by atoms with Gasteiger partial charge in [-0.15, -0.1) is 12.4 Å². The molecule has 3 aromatic rings. The van der Waals surface area contributed by atoms with E-state index in [-0.39, 0.29) is 24.0 Å². The molecule has 1 fully saturated rings. The number of rotatable bonds is 11. The molecule has 3 N–H and O–H groups in total. The largest absolute Gasteiger partial charge is 0.494 e. The van der Waals surface area contributed by atoms with Gasteiger partial charge in [-0.25, -0.2) is 0 Å². The van der Waals surface area contributed by atoms with E-state index in [9.17, 15) is 14.9 Å². The number of nitro benzene ring substituents is 1. The molecule has 0 atom stereocenters. The maximum Gasteiger partial charge on any atom is 0.269 e. The summed E-state index contributed by atoms with van der Waals surface area (Å²) < 4.78 is 5.93. The molecule has 0 bridgehead atoms. The van der Waals surface area contributed by atoms with Crippen molar-refractivity contribution in [1.29, 1.82) is 0 Å². The number of aromatic amines is 1. The minimum Gasteiger partial charge on any atom is -0.494 e. The van der Waals surface area contributed by atoms with Crippen LogP contribution in [0.4, 0.5) is 11.4 Å². The SMILES string of the molecule is Cl.NCCc1c[nH]c2ccc(OCCCCCC(=O)N3CCN(c4ccc([N+](=O)[O-])cc4)CC3)cc12. The van der Waals surface area contributed by atoms with Crippen molar-refractivity contribution < 1.29 is 14.5 Å². The van der Waals surface area contributed by atoms with E-state index in [2.05, 4.69) is 16.0 Å². The molecule has 2 heterocycles. The van der Waals surface area contributed by atoms with Crippen LogP contribution < -0.4 is 15.4 Å². The zero-order valence-electron chi connectivity index (χ0n) is 20.4. The van der Waals surface area contributed by atoms with Gasteiger partial charge in [-0.2, -0.15) is 0 Å². The Morgan fingerprint density at radius 1 is 1.06 bits per heavy atom. The third kappa shape index (κ3) is 6.89. The number of halogens is 1. The lowest BCUT2D eigenvalue weighted by Crippen LogP contribution is -2.48. The number of carbonyl (C=O) groups excluding carboxylic acids is 1. The first kappa shape index (κ1) is 27.3. The summed E-state index contributed by atoms with van der Waals surface area (Å²) in [5.41, 5.74) is 9.04. The van der Waals surface area contributed by atoms with Crippen LogP contribution in [0.2, 0.25) is 0 Å². The van der Waals surface area contributed by atoms with E-state index in [0.29, 0.717) is 32.7 Å². The summed E-state index contributed by atoms with van der Waals surface area (Å²) in [5.74, 6) is 1.05. The molecule has 0 spiro atoms. The van der Waals surface area contributed by atoms with E-state index >= 15 is 0 Å². The van der Waals surface area contributed by atoms with Crippen molar-refractivity contribution in [1.82, 2.24) is 9.88 Å². The van der Waals surface area contributed by atoms with E-state index < -0.39 is 4.92 Å². The maximum atomic E-state index is 12.6. The molecule has 0 saturated carbocycles. The van der Waals surface area contributed by atoms with Crippen LogP contribution in [0.3, 0.4) is 0 Å². The third-order valence-electron chi connectivity index (χ3n) is 6.51. The van der Waals surface area contributed by atoms with Gasteiger partial charge >= 0.3 is 0 Å². The lowest BCUT2D eigenvalue weighted by Gasteiger charge is -2.36. The van der Waals surface area contributed by atoms with Crippen molar-refractivity contribution in [2.45, 2.75) is 32.1 Å². The first-order chi connectivity index (χ1) is 17.0. The highest BCUT2D eigenvalue weighted by Gasteiger charge is 2.21. The standard InChI is InChI=1S/C26H33N5O4.ClH/c27-12-11-20-19-28-25-10-9-23(18-24(20)25)35-17-3-1-2-4-26(32)30-15-13-29(14-16-30)21-5-7-22(8-6-21)31(33)34;/h5-10,18-19,28H,1-4,11-17,27H2;1H. The fourth-order valence-corrected chi connectivity index (χ4v) is 4.51. The van der Waals surface area contributed by atoms with Gasteiger partial charge in [-0.3, -0.25) is 14.9 Å². The number of aromatic nitrogens is 1. The second-order valence-electron chi connectivity index (χ2n) is 8.86. The summed E-state index contributed by atoms with van der Waals surface area (Å²) in [6, 6.07) is 12.7. The average molecular weight is 516 g/mol. The molecule has 0 unspecified atom stereocenters. The molecule has 10 heteroatoms. The summed E-state index contributed by atoms with van der Waals surface area (Å²) in [4.78, 5) is 30.4. The van der Waals surface area contributed by atoms with Crippen molar-refractivity contribution in [3.05, 3.63) is 64.3 Å². The number of carbonyl (C=O) groups is 1. The summed E-state index contributed by atoms with van der Waals surface area (Å²) in [5, 5.41) is 12.0. The molecule has 1 aliphatic heterocycles. The van der Waals surface area contributed by atoms with Crippen LogP contribution in [0, 0.1) is 10.1 Å². The van der Waals surface area contributed by atoms with Gasteiger partial charge in [0.05, 0.1) is 11.5 Å². The Labute approximate surface area is 217 Å². The normalized spacial score (nSPS) is 13.5. The number of hydrogen-bond acceptors (Lipinski definition) is 6. The van der Waals surface area contributed by atoms with Crippen LogP contribution in [0.25, 0.3) is 10.9 Å². The Morgan fingerprint density at radius 2 is 1.81 bits per heavy atom. The van der Waals surface area contributed by atoms with Crippen molar-refractivity contribution in [2.75, 3.05) is 44.2 Å². The van der Waals surface area contributed by atoms with Crippen molar-refractivity contribution in [3.63, 3.8) is 0 Å². The first-order valence-electron chi connectivity index (χ1n) is 12.2. The number of ether oxygens (including phenoxy) is 1. The molecule has 1 aromatic heterocycles. The topological polar surface area (TPSA) is 118 Å². The molecule has 194 valence electrons. The predicted octanol–water partition coefficient (Wildman–Crippen LogP) is 4.29. The molecule has 9 nitrogen and oxygen atoms in total. The summed E-state index contributed by atoms with van der Waals surface area (Å²) in [6.45, 7) is 4.06. The van der Waals surface area contributed by atoms with Crippen LogP contribution in [0.15, 0.2) is 48.7 Å². The number of amides is 1. The van der Waals surface area contributed by atoms with Crippen LogP contribution in [0.5, 0.6) is 5.75 Å². The molecular weight excluding hydrogens is 482 g/mol. The number of nitro groups is 1. The molecule has 0 radical (unpaired) electrons. The number of unbranched alkanes of at least 4 members (excludes halogenated alkanes) is 2. The van der Waals surface area contributed by atoms with E-state index in [1.807, 2.05) is 23.2 Å². The summed E-state index contributed by atoms with van der Waals surface area (Å²) in [6.07, 6.45) is 6.09. The van der Waals surface area contributed by atoms with Crippen molar-refractivity contribution >= 4 is 40.6 Å². The third-order valence-corrected chi connectivity index (χ3v) is 6.51. The Morgan fingerprint density at radius 3 is 2.50 bits per heavy atom.